The second-order valence-corrected chi connectivity index (χ2v) is 4.92. The van der Waals surface area contributed by atoms with E-state index in [9.17, 15) is 0 Å². The Hall–Kier alpha value is -1.74. The van der Waals surface area contributed by atoms with E-state index in [1.54, 1.807) is 16.6 Å². The first kappa shape index (κ1) is 15.6. The topological polar surface area (TPSA) is 122 Å². The van der Waals surface area contributed by atoms with Crippen molar-refractivity contribution in [3.05, 3.63) is 53.8 Å². The van der Waals surface area contributed by atoms with E-state index in [0.717, 1.165) is 11.3 Å². The van der Waals surface area contributed by atoms with Crippen molar-refractivity contribution in [2.75, 3.05) is 0 Å². The van der Waals surface area contributed by atoms with Crippen LogP contribution in [0.2, 0.25) is 5.15 Å². The van der Waals surface area contributed by atoms with Gasteiger partial charge in [-0.2, -0.15) is 0 Å². The summed E-state index contributed by atoms with van der Waals surface area (Å²) in [5.74, 6) is 0.773. The maximum Gasteiger partial charge on any atom is 0.405 e. The van der Waals surface area contributed by atoms with Gasteiger partial charge in [-0.3, -0.25) is 0 Å². The molecule has 0 amide bonds. The van der Waals surface area contributed by atoms with Crippen molar-refractivity contribution in [1.29, 1.82) is 0 Å². The molecule has 0 N–H and O–H groups in total. The van der Waals surface area contributed by atoms with E-state index < -0.39 is 10.2 Å². The number of aromatic nitrogens is 2. The zero-order chi connectivity index (χ0) is 15.5. The molecule has 9 heteroatoms. The molecule has 0 aliphatic heterocycles. The summed E-state index contributed by atoms with van der Waals surface area (Å²) < 4.78 is 41.3. The summed E-state index contributed by atoms with van der Waals surface area (Å²) in [6.07, 6.45) is 1.82. The van der Waals surface area contributed by atoms with Crippen LogP contribution in [0.15, 0.2) is 53.1 Å². The summed E-state index contributed by atoms with van der Waals surface area (Å²) in [6, 6.07) is 13.4. The van der Waals surface area contributed by atoms with Crippen LogP contribution in [-0.2, 0) is 0 Å². The van der Waals surface area contributed by atoms with Gasteiger partial charge in [0.1, 0.15) is 0 Å². The number of hydrogen-bond donors (Lipinski definition) is 0. The van der Waals surface area contributed by atoms with Gasteiger partial charge in [0, 0.05) is 10.7 Å². The predicted molar refractivity (Wildman–Crippen MR) is 60.1 cm³/mol. The number of rotatable bonds is 1. The predicted octanol–water partition coefficient (Wildman–Crippen LogP) is -2.02. The Morgan fingerprint density at radius 1 is 1.00 bits per heavy atom. The Morgan fingerprint density at radius 3 is 2.24 bits per heavy atom. The fraction of sp³-hybridized carbons (Fsp3) is 0. The average Bonchev–Trinajstić information content (AvgIpc) is 2.81. The van der Waals surface area contributed by atoms with E-state index in [1.807, 2.05) is 36.5 Å². The van der Waals surface area contributed by atoms with Crippen molar-refractivity contribution in [2.24, 2.45) is 0 Å². The highest BCUT2D eigenvalue weighted by atomic mass is 35.7. The molecule has 0 spiro atoms. The van der Waals surface area contributed by atoms with Crippen LogP contribution >= 0.6 is 11.6 Å². The molecule has 2 heterocycles. The van der Waals surface area contributed by atoms with E-state index >= 15 is 0 Å². The summed E-state index contributed by atoms with van der Waals surface area (Å²) in [4.78, 5) is 0. The lowest BCUT2D eigenvalue weighted by Crippen LogP contribution is -2.68. The van der Waals surface area contributed by atoms with Gasteiger partial charge in [0.25, 0.3) is 0 Å². The first-order chi connectivity index (χ1) is 9.83. The van der Waals surface area contributed by atoms with Crippen molar-refractivity contribution in [3.63, 3.8) is 0 Å². The Morgan fingerprint density at radius 2 is 1.62 bits per heavy atom. The van der Waals surface area contributed by atoms with Gasteiger partial charge in [0.15, 0.2) is 5.15 Å². The number of fused-ring (bicyclic) bond motifs is 1. The molecule has 3 rings (SSSR count). The number of halogens is 2. The van der Waals surface area contributed by atoms with Gasteiger partial charge >= 0.3 is 5.71 Å². The Kier molecular flexibility index (Phi) is 4.73. The molecule has 0 saturated carbocycles. The highest BCUT2D eigenvalue weighted by Gasteiger charge is 2.14. The van der Waals surface area contributed by atoms with Gasteiger partial charge in [-0.05, 0) is 10.6 Å². The number of hydrogen-bond acceptors (Lipinski definition) is 6. The van der Waals surface area contributed by atoms with E-state index in [-0.39, 0.29) is 0 Å². The molecule has 2 aromatic heterocycles. The third-order valence-corrected chi connectivity index (χ3v) is 2.51. The van der Waals surface area contributed by atoms with Crippen molar-refractivity contribution in [2.45, 2.75) is 0 Å². The lowest BCUT2D eigenvalue weighted by atomic mass is 10.2. The largest absolute Gasteiger partial charge is 0.405 e. The molecule has 0 aliphatic rings. The molecule has 0 saturated heterocycles. The van der Waals surface area contributed by atoms with Crippen LogP contribution in [0.4, 0.5) is 0 Å². The van der Waals surface area contributed by atoms with Crippen LogP contribution in [0.25, 0.3) is 17.0 Å². The van der Waals surface area contributed by atoms with Crippen LogP contribution < -0.4 is 23.2 Å². The second-order valence-electron chi connectivity index (χ2n) is 3.78. The van der Waals surface area contributed by atoms with Crippen LogP contribution in [0, 0.1) is 10.2 Å². The van der Waals surface area contributed by atoms with Gasteiger partial charge in [0.2, 0.25) is 12.0 Å². The van der Waals surface area contributed by atoms with Gasteiger partial charge < -0.3 is 4.42 Å². The summed E-state index contributed by atoms with van der Waals surface area (Å²) in [6.45, 7) is 0. The minimum Gasteiger partial charge on any atom is -0.396 e. The first-order valence-electron chi connectivity index (χ1n) is 5.48. The highest BCUT2D eigenvalue weighted by molar-refractivity contribution is 6.29. The molecule has 0 unspecified atom stereocenters. The summed E-state index contributed by atoms with van der Waals surface area (Å²) >= 11 is 5.80. The molecule has 0 radical (unpaired) electrons. The summed E-state index contributed by atoms with van der Waals surface area (Å²) in [5.41, 5.74) is 1.69. The average molecular weight is 331 g/mol. The molecule has 7 nitrogen and oxygen atoms in total. The molecule has 0 bridgehead atoms. The zero-order valence-corrected chi connectivity index (χ0v) is 11.8. The summed E-state index contributed by atoms with van der Waals surface area (Å²) in [5, 5.41) is 4.55. The van der Waals surface area contributed by atoms with Crippen LogP contribution in [-0.4, -0.2) is 5.10 Å². The van der Waals surface area contributed by atoms with Crippen molar-refractivity contribution in [3.8, 4) is 11.3 Å². The molecule has 3 aromatic rings. The van der Waals surface area contributed by atoms with Gasteiger partial charge in [-0.1, -0.05) is 41.9 Å². The molecular formula is C12H8Cl2N2O5. The molecule has 110 valence electrons. The number of benzene rings is 1. The molecule has 0 atom stereocenters. The maximum atomic E-state index is 8.49. The minimum atomic E-state index is -4.94. The van der Waals surface area contributed by atoms with E-state index in [4.69, 9.17) is 34.7 Å². The molecule has 0 aliphatic carbocycles. The van der Waals surface area contributed by atoms with Crippen LogP contribution in [0.3, 0.4) is 0 Å². The Labute approximate surface area is 126 Å². The fourth-order valence-corrected chi connectivity index (χ4v) is 1.71. The third kappa shape index (κ3) is 4.94. The van der Waals surface area contributed by atoms with Gasteiger partial charge in [-0.25, -0.2) is 18.6 Å². The number of oxazole rings is 1. The van der Waals surface area contributed by atoms with E-state index in [1.165, 1.54) is 0 Å². The molecule has 0 fully saturated rings. The summed E-state index contributed by atoms with van der Waals surface area (Å²) in [7, 11) is -4.94. The lowest BCUT2D eigenvalue weighted by Gasteiger charge is -2.17. The smallest absolute Gasteiger partial charge is 0.396 e. The molecule has 1 aromatic carbocycles. The first-order valence-corrected chi connectivity index (χ1v) is 7.09. The van der Waals surface area contributed by atoms with Crippen LogP contribution in [0.5, 0.6) is 0 Å². The molecular weight excluding hydrogens is 323 g/mol. The fourth-order valence-electron chi connectivity index (χ4n) is 1.56. The second kappa shape index (κ2) is 6.35. The highest BCUT2D eigenvalue weighted by Crippen LogP contribution is 2.19. The standard InChI is InChI=1S/C12H8ClN2O.ClHO4/c13-11-6-7-12-15(14-11)8-10(16-12)9-4-2-1-3-5-9;2-1(3,4)5/h1-8H;(H,2,3,4,5)/q+1;/p-1. The quantitative estimate of drug-likeness (QED) is 0.474. The normalized spacial score (nSPS) is 11.1. The van der Waals surface area contributed by atoms with Gasteiger partial charge in [-0.15, -0.1) is 10.2 Å². The van der Waals surface area contributed by atoms with Crippen molar-refractivity contribution >= 4 is 17.3 Å². The van der Waals surface area contributed by atoms with Gasteiger partial charge in [0.05, 0.1) is 6.07 Å². The zero-order valence-electron chi connectivity index (χ0n) is 10.3. The third-order valence-electron chi connectivity index (χ3n) is 2.30. The lowest BCUT2D eigenvalue weighted by molar-refractivity contribution is -2.00. The van der Waals surface area contributed by atoms with E-state index in [0.29, 0.717) is 10.9 Å². The Bertz CT molecular complexity index is 721. The Balaban J connectivity index is 0.000000282. The number of nitrogens with zero attached hydrogens (tertiary/aromatic N) is 2. The maximum absolute atomic E-state index is 8.49. The minimum absolute atomic E-state index is 0.443. The molecule has 21 heavy (non-hydrogen) atoms. The SMILES string of the molecule is Clc1ccc2oc(-c3ccccc3)c[n+]2n1.[O-][Cl+3]([O-])([O-])[O-]. The van der Waals surface area contributed by atoms with Crippen molar-refractivity contribution < 1.29 is 37.8 Å². The van der Waals surface area contributed by atoms with Crippen LogP contribution in [0.1, 0.15) is 0 Å². The van der Waals surface area contributed by atoms with E-state index in [2.05, 4.69) is 5.10 Å². The monoisotopic (exact) mass is 330 g/mol. The van der Waals surface area contributed by atoms with Crippen molar-refractivity contribution in [1.82, 2.24) is 5.10 Å².